The number of carbonyl (C=O) groups excluding carboxylic acids is 1. The highest BCUT2D eigenvalue weighted by Crippen LogP contribution is 1.87. The van der Waals surface area contributed by atoms with Gasteiger partial charge in [-0.25, -0.2) is 0 Å². The molecular formula is C11H24N2O2. The standard InChI is InChI=1S/C11H24N2O2/c1-5-15-8-10(4)13-11(14)6-7-12-9(2)3/h9-10,12H,5-8H2,1-4H3,(H,13,14). The fourth-order valence-electron chi connectivity index (χ4n) is 1.16. The Labute approximate surface area is 92.8 Å². The van der Waals surface area contributed by atoms with Crippen LogP contribution in [0, 0.1) is 0 Å². The minimum Gasteiger partial charge on any atom is -0.380 e. The quantitative estimate of drug-likeness (QED) is 0.634. The van der Waals surface area contributed by atoms with Crippen molar-refractivity contribution in [2.45, 2.75) is 46.2 Å². The van der Waals surface area contributed by atoms with Crippen LogP contribution < -0.4 is 10.6 Å². The summed E-state index contributed by atoms with van der Waals surface area (Å²) >= 11 is 0. The molecule has 0 spiro atoms. The maximum atomic E-state index is 11.4. The number of nitrogens with one attached hydrogen (secondary N) is 2. The maximum Gasteiger partial charge on any atom is 0.221 e. The molecule has 2 N–H and O–H groups in total. The van der Waals surface area contributed by atoms with Gasteiger partial charge in [0.15, 0.2) is 0 Å². The molecule has 0 bridgehead atoms. The molecule has 0 aromatic heterocycles. The molecule has 15 heavy (non-hydrogen) atoms. The first-order chi connectivity index (χ1) is 7.06. The summed E-state index contributed by atoms with van der Waals surface area (Å²) in [5.41, 5.74) is 0. The molecular weight excluding hydrogens is 192 g/mol. The minimum absolute atomic E-state index is 0.0790. The van der Waals surface area contributed by atoms with E-state index in [1.807, 2.05) is 13.8 Å². The van der Waals surface area contributed by atoms with Crippen LogP contribution in [0.1, 0.15) is 34.1 Å². The fraction of sp³-hybridized carbons (Fsp3) is 0.909. The Kier molecular flexibility index (Phi) is 8.33. The van der Waals surface area contributed by atoms with Crippen molar-refractivity contribution in [2.24, 2.45) is 0 Å². The van der Waals surface area contributed by atoms with Crippen LogP contribution in [0.25, 0.3) is 0 Å². The molecule has 4 nitrogen and oxygen atoms in total. The molecule has 0 aromatic carbocycles. The number of carbonyl (C=O) groups is 1. The van der Waals surface area contributed by atoms with Gasteiger partial charge >= 0.3 is 0 Å². The fourth-order valence-corrected chi connectivity index (χ4v) is 1.16. The second-order valence-electron chi connectivity index (χ2n) is 3.99. The third-order valence-corrected chi connectivity index (χ3v) is 1.88. The van der Waals surface area contributed by atoms with Crippen molar-refractivity contribution in [1.29, 1.82) is 0 Å². The highest BCUT2D eigenvalue weighted by molar-refractivity contribution is 5.76. The van der Waals surface area contributed by atoms with Crippen LogP contribution in [0.4, 0.5) is 0 Å². The van der Waals surface area contributed by atoms with Gasteiger partial charge in [-0.15, -0.1) is 0 Å². The van der Waals surface area contributed by atoms with Gasteiger partial charge in [0.25, 0.3) is 0 Å². The van der Waals surface area contributed by atoms with E-state index >= 15 is 0 Å². The Morgan fingerprint density at radius 1 is 1.33 bits per heavy atom. The van der Waals surface area contributed by atoms with Gasteiger partial charge in [-0.3, -0.25) is 4.79 Å². The van der Waals surface area contributed by atoms with Crippen LogP contribution in [0.3, 0.4) is 0 Å². The van der Waals surface area contributed by atoms with E-state index in [0.717, 1.165) is 6.54 Å². The molecule has 1 amide bonds. The first kappa shape index (κ1) is 14.4. The average Bonchev–Trinajstić information content (AvgIpc) is 2.14. The zero-order valence-corrected chi connectivity index (χ0v) is 10.3. The lowest BCUT2D eigenvalue weighted by molar-refractivity contribution is -0.122. The van der Waals surface area contributed by atoms with Crippen molar-refractivity contribution in [3.8, 4) is 0 Å². The van der Waals surface area contributed by atoms with E-state index < -0.39 is 0 Å². The van der Waals surface area contributed by atoms with Crippen molar-refractivity contribution in [3.63, 3.8) is 0 Å². The van der Waals surface area contributed by atoms with E-state index in [9.17, 15) is 4.79 Å². The Hall–Kier alpha value is -0.610. The van der Waals surface area contributed by atoms with Crippen molar-refractivity contribution >= 4 is 5.91 Å². The van der Waals surface area contributed by atoms with Gasteiger partial charge in [0, 0.05) is 31.7 Å². The predicted molar refractivity (Wildman–Crippen MR) is 61.9 cm³/mol. The molecule has 0 aliphatic heterocycles. The molecule has 0 radical (unpaired) electrons. The second kappa shape index (κ2) is 8.68. The van der Waals surface area contributed by atoms with E-state index in [1.54, 1.807) is 0 Å². The van der Waals surface area contributed by atoms with Crippen molar-refractivity contribution < 1.29 is 9.53 Å². The lowest BCUT2D eigenvalue weighted by atomic mass is 10.3. The SMILES string of the molecule is CCOCC(C)NC(=O)CCNC(C)C. The highest BCUT2D eigenvalue weighted by atomic mass is 16.5. The Balaban J connectivity index is 3.46. The molecule has 1 unspecified atom stereocenters. The summed E-state index contributed by atoms with van der Waals surface area (Å²) in [5, 5.41) is 6.09. The average molecular weight is 216 g/mol. The summed E-state index contributed by atoms with van der Waals surface area (Å²) in [4.78, 5) is 11.4. The normalized spacial score (nSPS) is 12.9. The maximum absolute atomic E-state index is 11.4. The summed E-state index contributed by atoms with van der Waals surface area (Å²) in [7, 11) is 0. The van der Waals surface area contributed by atoms with Crippen molar-refractivity contribution in [1.82, 2.24) is 10.6 Å². The smallest absolute Gasteiger partial charge is 0.221 e. The number of ether oxygens (including phenoxy) is 1. The van der Waals surface area contributed by atoms with Gasteiger partial charge in [0.05, 0.1) is 6.61 Å². The van der Waals surface area contributed by atoms with Gasteiger partial charge in [0.1, 0.15) is 0 Å². The first-order valence-corrected chi connectivity index (χ1v) is 5.66. The molecule has 4 heteroatoms. The van der Waals surface area contributed by atoms with E-state index in [0.29, 0.717) is 25.7 Å². The lowest BCUT2D eigenvalue weighted by Crippen LogP contribution is -2.38. The van der Waals surface area contributed by atoms with Crippen LogP contribution in [-0.2, 0) is 9.53 Å². The molecule has 0 saturated carbocycles. The summed E-state index contributed by atoms with van der Waals surface area (Å²) in [5.74, 6) is 0.0790. The third-order valence-electron chi connectivity index (χ3n) is 1.88. The predicted octanol–water partition coefficient (Wildman–Crippen LogP) is 0.916. The summed E-state index contributed by atoms with van der Waals surface area (Å²) in [6.45, 7) is 10.0. The van der Waals surface area contributed by atoms with Crippen LogP contribution in [0.15, 0.2) is 0 Å². The molecule has 90 valence electrons. The summed E-state index contributed by atoms with van der Waals surface area (Å²) in [6.07, 6.45) is 0.522. The van der Waals surface area contributed by atoms with Gasteiger partial charge in [-0.1, -0.05) is 13.8 Å². The van der Waals surface area contributed by atoms with E-state index in [2.05, 4.69) is 24.5 Å². The number of rotatable bonds is 8. The van der Waals surface area contributed by atoms with E-state index in [-0.39, 0.29) is 11.9 Å². The minimum atomic E-state index is 0.0790. The number of hydrogen-bond donors (Lipinski definition) is 2. The topological polar surface area (TPSA) is 50.4 Å². The van der Waals surface area contributed by atoms with Crippen LogP contribution in [0.5, 0.6) is 0 Å². The molecule has 0 fully saturated rings. The third kappa shape index (κ3) is 9.69. The molecule has 0 aromatic rings. The zero-order chi connectivity index (χ0) is 11.7. The van der Waals surface area contributed by atoms with Gasteiger partial charge < -0.3 is 15.4 Å². The van der Waals surface area contributed by atoms with Crippen molar-refractivity contribution in [2.75, 3.05) is 19.8 Å². The summed E-state index contributed by atoms with van der Waals surface area (Å²) < 4.78 is 5.21. The van der Waals surface area contributed by atoms with Gasteiger partial charge in [-0.05, 0) is 13.8 Å². The number of hydrogen-bond acceptors (Lipinski definition) is 3. The molecule has 0 heterocycles. The first-order valence-electron chi connectivity index (χ1n) is 5.66. The van der Waals surface area contributed by atoms with E-state index in [1.165, 1.54) is 0 Å². The highest BCUT2D eigenvalue weighted by Gasteiger charge is 2.06. The van der Waals surface area contributed by atoms with E-state index in [4.69, 9.17) is 4.74 Å². The Morgan fingerprint density at radius 2 is 2.00 bits per heavy atom. The lowest BCUT2D eigenvalue weighted by Gasteiger charge is -2.14. The molecule has 0 aliphatic rings. The van der Waals surface area contributed by atoms with Crippen LogP contribution in [-0.4, -0.2) is 37.7 Å². The Bertz CT molecular complexity index is 172. The second-order valence-corrected chi connectivity index (χ2v) is 3.99. The van der Waals surface area contributed by atoms with Crippen LogP contribution >= 0.6 is 0 Å². The number of amides is 1. The van der Waals surface area contributed by atoms with Gasteiger partial charge in [-0.2, -0.15) is 0 Å². The molecule has 0 rings (SSSR count). The van der Waals surface area contributed by atoms with Crippen molar-refractivity contribution in [3.05, 3.63) is 0 Å². The largest absolute Gasteiger partial charge is 0.380 e. The molecule has 1 atom stereocenters. The molecule has 0 saturated heterocycles. The summed E-state index contributed by atoms with van der Waals surface area (Å²) in [6, 6.07) is 0.523. The van der Waals surface area contributed by atoms with Crippen LogP contribution in [0.2, 0.25) is 0 Å². The van der Waals surface area contributed by atoms with Gasteiger partial charge in [0.2, 0.25) is 5.91 Å². The zero-order valence-electron chi connectivity index (χ0n) is 10.3. The Morgan fingerprint density at radius 3 is 2.53 bits per heavy atom. The molecule has 0 aliphatic carbocycles. The monoisotopic (exact) mass is 216 g/mol.